The van der Waals surface area contributed by atoms with Gasteiger partial charge in [-0.3, -0.25) is 14.9 Å². The Morgan fingerprint density at radius 3 is 2.67 bits per heavy atom. The van der Waals surface area contributed by atoms with E-state index in [0.29, 0.717) is 12.8 Å². The summed E-state index contributed by atoms with van der Waals surface area (Å²) in [6.45, 7) is 0.215. The number of anilines is 1. The number of aliphatic carboxylic acids is 1. The number of nitrogens with zero attached hydrogens (tertiary/aromatic N) is 2. The number of rotatable bonds is 5. The fourth-order valence-electron chi connectivity index (χ4n) is 2.61. The molecule has 21 heavy (non-hydrogen) atoms. The van der Waals surface area contributed by atoms with Crippen molar-refractivity contribution in [2.24, 2.45) is 5.41 Å². The molecule has 0 atom stereocenters. The molecule has 1 saturated carbocycles. The number of carbonyl (C=O) groups is 1. The van der Waals surface area contributed by atoms with Crippen molar-refractivity contribution < 1.29 is 14.8 Å². The van der Waals surface area contributed by atoms with Crippen LogP contribution in [0.25, 0.3) is 0 Å². The maximum atomic E-state index is 11.5. The van der Waals surface area contributed by atoms with Crippen molar-refractivity contribution in [3.8, 4) is 0 Å². The van der Waals surface area contributed by atoms with Crippen LogP contribution in [0.15, 0.2) is 12.3 Å². The lowest BCUT2D eigenvalue weighted by molar-refractivity contribution is -0.385. The first-order valence-electron chi connectivity index (χ1n) is 6.72. The van der Waals surface area contributed by atoms with E-state index in [-0.39, 0.29) is 23.1 Å². The predicted octanol–water partition coefficient (Wildman–Crippen LogP) is 3.09. The molecular weight excluding hydrogens is 298 g/mol. The van der Waals surface area contributed by atoms with E-state index in [0.717, 1.165) is 25.5 Å². The van der Waals surface area contributed by atoms with Crippen LogP contribution in [-0.2, 0) is 4.79 Å². The highest BCUT2D eigenvalue weighted by Crippen LogP contribution is 2.37. The molecular formula is C13H16ClN3O4. The quantitative estimate of drug-likeness (QED) is 0.639. The van der Waals surface area contributed by atoms with E-state index >= 15 is 0 Å². The molecule has 0 amide bonds. The van der Waals surface area contributed by atoms with Gasteiger partial charge in [-0.05, 0) is 12.8 Å². The third kappa shape index (κ3) is 3.41. The Bertz CT molecular complexity index is 558. The molecule has 0 unspecified atom stereocenters. The Morgan fingerprint density at radius 1 is 1.48 bits per heavy atom. The van der Waals surface area contributed by atoms with Gasteiger partial charge >= 0.3 is 5.97 Å². The average molecular weight is 314 g/mol. The zero-order valence-electron chi connectivity index (χ0n) is 11.3. The van der Waals surface area contributed by atoms with Crippen molar-refractivity contribution >= 4 is 29.1 Å². The minimum atomic E-state index is -0.826. The third-order valence-corrected chi connectivity index (χ3v) is 4.18. The highest BCUT2D eigenvalue weighted by Gasteiger charge is 2.39. The topological polar surface area (TPSA) is 105 Å². The van der Waals surface area contributed by atoms with E-state index in [4.69, 9.17) is 11.6 Å². The molecule has 0 bridgehead atoms. The van der Waals surface area contributed by atoms with Crippen molar-refractivity contribution in [1.29, 1.82) is 0 Å². The van der Waals surface area contributed by atoms with Gasteiger partial charge in [-0.2, -0.15) is 0 Å². The maximum absolute atomic E-state index is 11.5. The Labute approximate surface area is 126 Å². The standard InChI is InChI=1S/C13H16ClN3O4/c14-10-6-9(17(20)21)7-15-11(10)16-8-13(12(18)19)4-2-1-3-5-13/h6-7H,1-5,8H2,(H,15,16)(H,18,19). The first-order valence-corrected chi connectivity index (χ1v) is 7.10. The first-order chi connectivity index (χ1) is 9.94. The number of nitrogens with one attached hydrogen (secondary N) is 1. The Balaban J connectivity index is 2.11. The van der Waals surface area contributed by atoms with Crippen molar-refractivity contribution in [2.75, 3.05) is 11.9 Å². The molecule has 7 nitrogen and oxygen atoms in total. The number of hydrogen-bond acceptors (Lipinski definition) is 5. The number of halogens is 1. The van der Waals surface area contributed by atoms with Gasteiger partial charge in [0.25, 0.3) is 5.69 Å². The molecule has 2 rings (SSSR count). The molecule has 1 aromatic heterocycles. The second-order valence-electron chi connectivity index (χ2n) is 5.28. The van der Waals surface area contributed by atoms with Crippen LogP contribution in [0.1, 0.15) is 32.1 Å². The summed E-state index contributed by atoms with van der Waals surface area (Å²) in [5.74, 6) is -0.554. The van der Waals surface area contributed by atoms with Crippen LogP contribution in [-0.4, -0.2) is 27.5 Å². The van der Waals surface area contributed by atoms with Crippen molar-refractivity contribution in [1.82, 2.24) is 4.98 Å². The molecule has 2 N–H and O–H groups in total. The van der Waals surface area contributed by atoms with E-state index in [2.05, 4.69) is 10.3 Å². The van der Waals surface area contributed by atoms with Gasteiger partial charge < -0.3 is 10.4 Å². The smallest absolute Gasteiger partial charge is 0.311 e. The van der Waals surface area contributed by atoms with Gasteiger partial charge in [0.15, 0.2) is 0 Å². The predicted molar refractivity (Wildman–Crippen MR) is 77.5 cm³/mol. The summed E-state index contributed by atoms with van der Waals surface area (Å²) in [5, 5.41) is 23.1. The van der Waals surface area contributed by atoms with Crippen LogP contribution in [0, 0.1) is 15.5 Å². The molecule has 1 heterocycles. The molecule has 0 spiro atoms. The third-order valence-electron chi connectivity index (χ3n) is 3.90. The number of carboxylic acid groups (broad SMARTS) is 1. The fourth-order valence-corrected chi connectivity index (χ4v) is 2.83. The summed E-state index contributed by atoms with van der Waals surface area (Å²) < 4.78 is 0. The zero-order chi connectivity index (χ0) is 15.5. The van der Waals surface area contributed by atoms with Gasteiger partial charge in [0, 0.05) is 12.6 Å². The van der Waals surface area contributed by atoms with Crippen molar-refractivity contribution in [3.05, 3.63) is 27.4 Å². The van der Waals surface area contributed by atoms with Crippen LogP contribution in [0.3, 0.4) is 0 Å². The zero-order valence-corrected chi connectivity index (χ0v) is 12.1. The van der Waals surface area contributed by atoms with E-state index in [1.54, 1.807) is 0 Å². The van der Waals surface area contributed by atoms with E-state index in [1.165, 1.54) is 6.07 Å². The lowest BCUT2D eigenvalue weighted by atomic mass is 9.74. The number of hydrogen-bond donors (Lipinski definition) is 2. The summed E-state index contributed by atoms with van der Waals surface area (Å²) in [6, 6.07) is 1.20. The first kappa shape index (κ1) is 15.5. The minimum Gasteiger partial charge on any atom is -0.481 e. The lowest BCUT2D eigenvalue weighted by Gasteiger charge is -2.33. The Morgan fingerprint density at radius 2 is 2.14 bits per heavy atom. The molecule has 1 aliphatic carbocycles. The van der Waals surface area contributed by atoms with Gasteiger partial charge in [-0.25, -0.2) is 4.98 Å². The number of aromatic nitrogens is 1. The molecule has 0 aromatic carbocycles. The van der Waals surface area contributed by atoms with Crippen molar-refractivity contribution in [3.63, 3.8) is 0 Å². The van der Waals surface area contributed by atoms with Gasteiger partial charge in [-0.1, -0.05) is 30.9 Å². The normalized spacial score (nSPS) is 17.2. The maximum Gasteiger partial charge on any atom is 0.311 e. The monoisotopic (exact) mass is 313 g/mol. The van der Waals surface area contributed by atoms with Gasteiger partial charge in [0.1, 0.15) is 12.0 Å². The van der Waals surface area contributed by atoms with E-state index < -0.39 is 16.3 Å². The molecule has 1 aliphatic rings. The molecule has 0 radical (unpaired) electrons. The van der Waals surface area contributed by atoms with Crippen LogP contribution >= 0.6 is 11.6 Å². The van der Waals surface area contributed by atoms with Gasteiger partial charge in [0.2, 0.25) is 0 Å². The molecule has 0 saturated heterocycles. The highest BCUT2D eigenvalue weighted by molar-refractivity contribution is 6.33. The molecule has 1 fully saturated rings. The largest absolute Gasteiger partial charge is 0.481 e. The number of carboxylic acids is 1. The number of pyridine rings is 1. The van der Waals surface area contributed by atoms with E-state index in [9.17, 15) is 20.0 Å². The second kappa shape index (κ2) is 6.26. The average Bonchev–Trinajstić information content (AvgIpc) is 2.46. The van der Waals surface area contributed by atoms with E-state index in [1.807, 2.05) is 0 Å². The fraction of sp³-hybridized carbons (Fsp3) is 0.538. The molecule has 8 heteroatoms. The minimum absolute atomic E-state index is 0.112. The van der Waals surface area contributed by atoms with Crippen LogP contribution < -0.4 is 5.32 Å². The molecule has 1 aromatic rings. The highest BCUT2D eigenvalue weighted by atomic mass is 35.5. The SMILES string of the molecule is O=C(O)C1(CNc2ncc([N+](=O)[O-])cc2Cl)CCCCC1. The van der Waals surface area contributed by atoms with Crippen LogP contribution in [0.5, 0.6) is 0 Å². The molecule has 114 valence electrons. The summed E-state index contributed by atoms with van der Waals surface area (Å²) in [4.78, 5) is 25.5. The van der Waals surface area contributed by atoms with Gasteiger partial charge in [-0.15, -0.1) is 0 Å². The van der Waals surface area contributed by atoms with Crippen molar-refractivity contribution in [2.45, 2.75) is 32.1 Å². The lowest BCUT2D eigenvalue weighted by Crippen LogP contribution is -2.39. The Kier molecular flexibility index (Phi) is 4.62. The summed E-state index contributed by atoms with van der Waals surface area (Å²) in [7, 11) is 0. The Hall–Kier alpha value is -1.89. The number of nitro groups is 1. The van der Waals surface area contributed by atoms with Crippen LogP contribution in [0.2, 0.25) is 5.02 Å². The molecule has 0 aliphatic heterocycles. The second-order valence-corrected chi connectivity index (χ2v) is 5.69. The summed E-state index contributed by atoms with van der Waals surface area (Å²) in [5.41, 5.74) is -1.01. The summed E-state index contributed by atoms with van der Waals surface area (Å²) in [6.07, 6.45) is 5.14. The van der Waals surface area contributed by atoms with Crippen LogP contribution in [0.4, 0.5) is 11.5 Å². The van der Waals surface area contributed by atoms with Gasteiger partial charge in [0.05, 0.1) is 15.4 Å². The summed E-state index contributed by atoms with van der Waals surface area (Å²) >= 11 is 5.94.